The number of rotatable bonds is 3. The van der Waals surface area contributed by atoms with E-state index in [1.165, 1.54) is 6.42 Å². The maximum atomic E-state index is 12.6. The normalized spacial score (nSPS) is 26.9. The van der Waals surface area contributed by atoms with Gasteiger partial charge in [0.15, 0.2) is 0 Å². The van der Waals surface area contributed by atoms with Crippen LogP contribution in [0.25, 0.3) is 0 Å². The lowest BCUT2D eigenvalue weighted by atomic mass is 10.0. The first-order valence-corrected chi connectivity index (χ1v) is 7.65. The van der Waals surface area contributed by atoms with Gasteiger partial charge in [-0.1, -0.05) is 0 Å². The van der Waals surface area contributed by atoms with Gasteiger partial charge in [0, 0.05) is 19.3 Å². The van der Waals surface area contributed by atoms with Gasteiger partial charge in [-0.05, 0) is 44.6 Å². The fourth-order valence-electron chi connectivity index (χ4n) is 3.22. The smallest absolute Gasteiger partial charge is 0.252 e. The molecule has 2 atom stereocenters. The molecule has 1 aromatic heterocycles. The van der Waals surface area contributed by atoms with E-state index in [1.807, 2.05) is 28.9 Å². The molecule has 2 saturated heterocycles. The number of hydrogen-bond acceptors (Lipinski definition) is 3. The summed E-state index contributed by atoms with van der Waals surface area (Å²) >= 11 is 0. The van der Waals surface area contributed by atoms with Crippen LogP contribution in [0.1, 0.15) is 37.7 Å². The van der Waals surface area contributed by atoms with E-state index in [9.17, 15) is 4.79 Å². The van der Waals surface area contributed by atoms with Gasteiger partial charge in [-0.15, -0.1) is 0 Å². The van der Waals surface area contributed by atoms with Crippen LogP contribution in [-0.2, 0) is 16.1 Å². The zero-order valence-corrected chi connectivity index (χ0v) is 12.1. The number of carbonyl (C=O) groups excluding carboxylic acids is 1. The second-order valence-electron chi connectivity index (χ2n) is 5.92. The number of hydrogen-bond donors (Lipinski definition) is 0. The van der Waals surface area contributed by atoms with Crippen LogP contribution in [-0.4, -0.2) is 45.9 Å². The first kappa shape index (κ1) is 13.6. The molecule has 5 heteroatoms. The van der Waals surface area contributed by atoms with E-state index in [0.29, 0.717) is 0 Å². The monoisotopic (exact) mass is 277 g/mol. The van der Waals surface area contributed by atoms with E-state index in [4.69, 9.17) is 4.74 Å². The summed E-state index contributed by atoms with van der Waals surface area (Å²) in [5, 5.41) is 4.35. The van der Waals surface area contributed by atoms with Crippen LogP contribution in [0.4, 0.5) is 0 Å². The Hall–Kier alpha value is -1.36. The summed E-state index contributed by atoms with van der Waals surface area (Å²) in [6.45, 7) is 4.43. The number of nitrogens with zero attached hydrogens (tertiary/aromatic N) is 3. The molecule has 110 valence electrons. The summed E-state index contributed by atoms with van der Waals surface area (Å²) in [6, 6.07) is 0.264. The van der Waals surface area contributed by atoms with Crippen molar-refractivity contribution in [1.29, 1.82) is 0 Å². The van der Waals surface area contributed by atoms with Crippen LogP contribution in [0.15, 0.2) is 12.4 Å². The van der Waals surface area contributed by atoms with Gasteiger partial charge in [0.25, 0.3) is 5.91 Å². The van der Waals surface area contributed by atoms with Gasteiger partial charge in [0.2, 0.25) is 0 Å². The second kappa shape index (κ2) is 5.95. The highest BCUT2D eigenvalue weighted by Gasteiger charge is 2.33. The number of ether oxygens (including phenoxy) is 1. The molecule has 0 N–H and O–H groups in total. The highest BCUT2D eigenvalue weighted by molar-refractivity contribution is 5.81. The molecular formula is C15H23N3O2. The van der Waals surface area contributed by atoms with Crippen LogP contribution in [0.2, 0.25) is 0 Å². The second-order valence-corrected chi connectivity index (χ2v) is 5.92. The highest BCUT2D eigenvalue weighted by atomic mass is 16.5. The Labute approximate surface area is 119 Å². The van der Waals surface area contributed by atoms with Crippen molar-refractivity contribution in [1.82, 2.24) is 14.7 Å². The molecule has 2 aliphatic heterocycles. The number of carbonyl (C=O) groups is 1. The molecule has 0 bridgehead atoms. The average Bonchev–Trinajstić information content (AvgIpc) is 3.10. The lowest BCUT2D eigenvalue weighted by molar-refractivity contribution is -0.145. The predicted molar refractivity (Wildman–Crippen MR) is 75.3 cm³/mol. The number of amides is 1. The summed E-state index contributed by atoms with van der Waals surface area (Å²) in [6.07, 6.45) is 8.97. The van der Waals surface area contributed by atoms with Crippen molar-refractivity contribution in [3.63, 3.8) is 0 Å². The minimum atomic E-state index is -0.199. The maximum Gasteiger partial charge on any atom is 0.252 e. The molecule has 5 nitrogen and oxygen atoms in total. The van der Waals surface area contributed by atoms with Gasteiger partial charge in [0.05, 0.1) is 18.8 Å². The number of aromatic nitrogens is 2. The Kier molecular flexibility index (Phi) is 4.05. The molecule has 2 aliphatic rings. The fraction of sp³-hybridized carbons (Fsp3) is 0.733. The number of aryl methyl sites for hydroxylation is 1. The number of piperidine rings is 1. The van der Waals surface area contributed by atoms with E-state index in [-0.39, 0.29) is 18.1 Å². The molecule has 0 aromatic carbocycles. The molecule has 3 rings (SSSR count). The first-order chi connectivity index (χ1) is 9.74. The molecular weight excluding hydrogens is 254 g/mol. The van der Waals surface area contributed by atoms with Crippen molar-refractivity contribution < 1.29 is 9.53 Å². The molecule has 3 heterocycles. The molecule has 20 heavy (non-hydrogen) atoms. The van der Waals surface area contributed by atoms with Gasteiger partial charge in [-0.3, -0.25) is 9.48 Å². The van der Waals surface area contributed by atoms with Crippen molar-refractivity contribution in [2.75, 3.05) is 13.2 Å². The zero-order chi connectivity index (χ0) is 13.9. The molecule has 1 aromatic rings. The molecule has 1 amide bonds. The van der Waals surface area contributed by atoms with Gasteiger partial charge >= 0.3 is 0 Å². The van der Waals surface area contributed by atoms with E-state index in [1.54, 1.807) is 0 Å². The summed E-state index contributed by atoms with van der Waals surface area (Å²) in [5.41, 5.74) is 1.16. The van der Waals surface area contributed by atoms with Crippen LogP contribution in [0.3, 0.4) is 0 Å². The van der Waals surface area contributed by atoms with E-state index in [0.717, 1.165) is 50.9 Å². The third-order valence-electron chi connectivity index (χ3n) is 4.28. The molecule has 2 fully saturated rings. The Morgan fingerprint density at radius 1 is 1.40 bits per heavy atom. The Morgan fingerprint density at radius 3 is 3.00 bits per heavy atom. The molecule has 0 saturated carbocycles. The molecule has 0 aliphatic carbocycles. The molecule has 0 spiro atoms. The molecule has 0 radical (unpaired) electrons. The van der Waals surface area contributed by atoms with Crippen LogP contribution in [0.5, 0.6) is 0 Å². The van der Waals surface area contributed by atoms with Crippen molar-refractivity contribution in [3.05, 3.63) is 18.0 Å². The third-order valence-corrected chi connectivity index (χ3v) is 4.28. The standard InChI is InChI=1S/C15H23N3O2/c1-12-9-16-17(10-12)11-13-5-2-3-7-18(13)15(19)14-6-4-8-20-14/h9-10,13-14H,2-8,11H2,1H3/t13-,14-/m0/s1. The lowest BCUT2D eigenvalue weighted by Gasteiger charge is -2.37. The number of likely N-dealkylation sites (tertiary alicyclic amines) is 1. The Morgan fingerprint density at radius 2 is 2.30 bits per heavy atom. The third kappa shape index (κ3) is 2.87. The van der Waals surface area contributed by atoms with Crippen LogP contribution < -0.4 is 0 Å². The zero-order valence-electron chi connectivity index (χ0n) is 12.1. The predicted octanol–water partition coefficient (Wildman–Crippen LogP) is 1.75. The Balaban J connectivity index is 1.68. The quantitative estimate of drug-likeness (QED) is 0.845. The SMILES string of the molecule is Cc1cnn(C[C@@H]2CCCCN2C(=O)[C@@H]2CCCO2)c1. The fourth-order valence-corrected chi connectivity index (χ4v) is 3.22. The van der Waals surface area contributed by atoms with Crippen molar-refractivity contribution in [3.8, 4) is 0 Å². The largest absolute Gasteiger partial charge is 0.368 e. The maximum absolute atomic E-state index is 12.6. The van der Waals surface area contributed by atoms with Crippen molar-refractivity contribution >= 4 is 5.91 Å². The topological polar surface area (TPSA) is 47.4 Å². The molecule has 0 unspecified atom stereocenters. The minimum absolute atomic E-state index is 0.191. The summed E-state index contributed by atoms with van der Waals surface area (Å²) in [7, 11) is 0. The van der Waals surface area contributed by atoms with Gasteiger partial charge in [0.1, 0.15) is 6.10 Å². The Bertz CT molecular complexity index is 465. The van der Waals surface area contributed by atoms with Gasteiger partial charge in [-0.2, -0.15) is 5.10 Å². The van der Waals surface area contributed by atoms with E-state index in [2.05, 4.69) is 5.10 Å². The summed E-state index contributed by atoms with van der Waals surface area (Å²) < 4.78 is 7.52. The lowest BCUT2D eigenvalue weighted by Crippen LogP contribution is -2.49. The minimum Gasteiger partial charge on any atom is -0.368 e. The van der Waals surface area contributed by atoms with E-state index >= 15 is 0 Å². The summed E-state index contributed by atoms with van der Waals surface area (Å²) in [4.78, 5) is 14.6. The summed E-state index contributed by atoms with van der Waals surface area (Å²) in [5.74, 6) is 0.191. The first-order valence-electron chi connectivity index (χ1n) is 7.65. The van der Waals surface area contributed by atoms with Crippen LogP contribution >= 0.6 is 0 Å². The highest BCUT2D eigenvalue weighted by Crippen LogP contribution is 2.23. The van der Waals surface area contributed by atoms with E-state index < -0.39 is 0 Å². The van der Waals surface area contributed by atoms with Crippen molar-refractivity contribution in [2.24, 2.45) is 0 Å². The average molecular weight is 277 g/mol. The van der Waals surface area contributed by atoms with Crippen molar-refractivity contribution in [2.45, 2.75) is 57.7 Å². The van der Waals surface area contributed by atoms with Gasteiger partial charge < -0.3 is 9.64 Å². The van der Waals surface area contributed by atoms with Crippen LogP contribution in [0, 0.1) is 6.92 Å². The van der Waals surface area contributed by atoms with Gasteiger partial charge in [-0.25, -0.2) is 0 Å².